The van der Waals surface area contributed by atoms with E-state index in [0.29, 0.717) is 5.56 Å². The number of allylic oxidation sites excluding steroid dienone is 1. The summed E-state index contributed by atoms with van der Waals surface area (Å²) in [4.78, 5) is 0. The molecule has 0 spiro atoms. The normalized spacial score (nSPS) is 10.8. The maximum absolute atomic E-state index is 14.7. The Hall–Kier alpha value is -3.66. The molecule has 4 aromatic carbocycles. The first-order chi connectivity index (χ1) is 15.0. The first-order valence-corrected chi connectivity index (χ1v) is 9.71. The molecule has 0 bridgehead atoms. The lowest BCUT2D eigenvalue weighted by molar-refractivity contribution is 0.447. The fourth-order valence-electron chi connectivity index (χ4n) is 3.49. The van der Waals surface area contributed by atoms with Crippen molar-refractivity contribution < 1.29 is 17.6 Å². The number of benzene rings is 4. The zero-order chi connectivity index (χ0) is 22.0. The number of rotatable bonds is 5. The molecule has 4 aromatic rings. The quantitative estimate of drug-likeness (QED) is 0.175. The second-order valence-electron chi connectivity index (χ2n) is 7.22. The summed E-state index contributed by atoms with van der Waals surface area (Å²) in [6, 6.07) is 21.8. The van der Waals surface area contributed by atoms with Crippen LogP contribution in [0.2, 0.25) is 0 Å². The van der Waals surface area contributed by atoms with Crippen LogP contribution < -0.4 is 0 Å². The van der Waals surface area contributed by atoms with Crippen LogP contribution in [0.3, 0.4) is 0 Å². The fraction of sp³-hybridized carbons (Fsp3) is 0.0370. The summed E-state index contributed by atoms with van der Waals surface area (Å²) in [6.07, 6.45) is 2.68. The summed E-state index contributed by atoms with van der Waals surface area (Å²) in [5.41, 5.74) is 4.65. The second kappa shape index (κ2) is 8.60. The monoisotopic (exact) mass is 418 g/mol. The highest BCUT2D eigenvalue weighted by Crippen LogP contribution is 2.31. The largest absolute Gasteiger partial charge is 0.206 e. The Morgan fingerprint density at radius 2 is 1.00 bits per heavy atom. The third-order valence-corrected chi connectivity index (χ3v) is 5.15. The molecule has 0 aliphatic carbocycles. The molecule has 0 amide bonds. The molecular weight excluding hydrogens is 400 g/mol. The molecule has 4 heteroatoms. The molecular formula is C27H18F4. The van der Waals surface area contributed by atoms with E-state index < -0.39 is 23.3 Å². The van der Waals surface area contributed by atoms with E-state index in [1.807, 2.05) is 42.5 Å². The molecule has 0 unspecified atom stereocenters. The predicted molar refractivity (Wildman–Crippen MR) is 116 cm³/mol. The van der Waals surface area contributed by atoms with Crippen LogP contribution in [0.4, 0.5) is 17.6 Å². The van der Waals surface area contributed by atoms with Gasteiger partial charge in [-0.3, -0.25) is 0 Å². The fourth-order valence-corrected chi connectivity index (χ4v) is 3.49. The van der Waals surface area contributed by atoms with Gasteiger partial charge in [0.05, 0.1) is 0 Å². The smallest absolute Gasteiger partial charge is 0.194 e. The predicted octanol–water partition coefficient (Wildman–Crippen LogP) is 7.97. The minimum Gasteiger partial charge on any atom is -0.206 e. The lowest BCUT2D eigenvalue weighted by Crippen LogP contribution is -1.94. The van der Waals surface area contributed by atoms with E-state index in [9.17, 15) is 17.6 Å². The molecule has 0 nitrogen and oxygen atoms in total. The van der Waals surface area contributed by atoms with Gasteiger partial charge in [-0.1, -0.05) is 66.7 Å². The van der Waals surface area contributed by atoms with Crippen LogP contribution in [0.25, 0.3) is 33.4 Å². The lowest BCUT2D eigenvalue weighted by Gasteiger charge is -2.09. The Balaban J connectivity index is 1.60. The Morgan fingerprint density at radius 3 is 1.52 bits per heavy atom. The summed E-state index contributed by atoms with van der Waals surface area (Å²) in [5, 5.41) is 0. The summed E-state index contributed by atoms with van der Waals surface area (Å²) in [6.45, 7) is 3.74. The molecule has 0 heterocycles. The Kier molecular flexibility index (Phi) is 5.72. The number of hydrogen-bond acceptors (Lipinski definition) is 0. The van der Waals surface area contributed by atoms with Crippen molar-refractivity contribution in [3.05, 3.63) is 120 Å². The van der Waals surface area contributed by atoms with E-state index >= 15 is 0 Å². The summed E-state index contributed by atoms with van der Waals surface area (Å²) in [5.74, 6) is -4.93. The van der Waals surface area contributed by atoms with Gasteiger partial charge in [0.15, 0.2) is 17.5 Å². The summed E-state index contributed by atoms with van der Waals surface area (Å²) >= 11 is 0. The average Bonchev–Trinajstić information content (AvgIpc) is 2.78. The summed E-state index contributed by atoms with van der Waals surface area (Å²) < 4.78 is 54.9. The van der Waals surface area contributed by atoms with Crippen LogP contribution >= 0.6 is 0 Å². The molecule has 0 saturated heterocycles. The molecule has 0 aromatic heterocycles. The van der Waals surface area contributed by atoms with Crippen molar-refractivity contribution in [3.8, 4) is 33.4 Å². The molecule has 0 radical (unpaired) electrons. The van der Waals surface area contributed by atoms with E-state index in [4.69, 9.17) is 0 Å². The Morgan fingerprint density at radius 1 is 0.548 bits per heavy atom. The molecule has 31 heavy (non-hydrogen) atoms. The van der Waals surface area contributed by atoms with Crippen molar-refractivity contribution in [1.82, 2.24) is 0 Å². The molecule has 0 fully saturated rings. The Bertz CT molecular complexity index is 1220. The number of halogens is 4. The molecule has 0 N–H and O–H groups in total. The van der Waals surface area contributed by atoms with Crippen LogP contribution in [-0.4, -0.2) is 0 Å². The standard InChI is InChI=1S/C27H18F4/c1-2-3-17-4-6-18(7-5-17)19-8-10-20(11-9-19)21-12-13-23(24(28)14-21)22-15-25(29)27(31)26(30)16-22/h2,4-16H,1,3H2. The van der Waals surface area contributed by atoms with E-state index in [0.717, 1.165) is 35.2 Å². The van der Waals surface area contributed by atoms with Gasteiger partial charge in [0.2, 0.25) is 0 Å². The topological polar surface area (TPSA) is 0 Å². The minimum absolute atomic E-state index is 0.00205. The molecule has 0 atom stereocenters. The zero-order valence-electron chi connectivity index (χ0n) is 16.5. The SMILES string of the molecule is C=CCc1ccc(-c2ccc(-c3ccc(-c4cc(F)c(F)c(F)c4)c(F)c3)cc2)cc1. The van der Waals surface area contributed by atoms with E-state index in [1.54, 1.807) is 6.07 Å². The van der Waals surface area contributed by atoms with Crippen molar-refractivity contribution in [3.63, 3.8) is 0 Å². The first kappa shape index (κ1) is 20.6. The van der Waals surface area contributed by atoms with Crippen molar-refractivity contribution in [2.75, 3.05) is 0 Å². The van der Waals surface area contributed by atoms with Crippen molar-refractivity contribution >= 4 is 0 Å². The highest BCUT2D eigenvalue weighted by Gasteiger charge is 2.14. The van der Waals surface area contributed by atoms with Gasteiger partial charge in [0, 0.05) is 5.56 Å². The zero-order valence-corrected chi connectivity index (χ0v) is 16.5. The average molecular weight is 418 g/mol. The van der Waals surface area contributed by atoms with Gasteiger partial charge in [-0.05, 0) is 58.0 Å². The van der Waals surface area contributed by atoms with Crippen LogP contribution in [0.1, 0.15) is 5.56 Å². The van der Waals surface area contributed by atoms with Gasteiger partial charge in [0.25, 0.3) is 0 Å². The maximum atomic E-state index is 14.7. The van der Waals surface area contributed by atoms with E-state index in [-0.39, 0.29) is 11.1 Å². The van der Waals surface area contributed by atoms with Crippen molar-refractivity contribution in [2.45, 2.75) is 6.42 Å². The maximum Gasteiger partial charge on any atom is 0.194 e. The molecule has 154 valence electrons. The first-order valence-electron chi connectivity index (χ1n) is 9.71. The van der Waals surface area contributed by atoms with Gasteiger partial charge in [-0.2, -0.15) is 0 Å². The molecule has 4 rings (SSSR count). The highest BCUT2D eigenvalue weighted by atomic mass is 19.2. The van der Waals surface area contributed by atoms with Gasteiger partial charge in [0.1, 0.15) is 5.82 Å². The van der Waals surface area contributed by atoms with Gasteiger partial charge < -0.3 is 0 Å². The lowest BCUT2D eigenvalue weighted by atomic mass is 9.97. The Labute approximate surface area is 178 Å². The van der Waals surface area contributed by atoms with Gasteiger partial charge in [-0.15, -0.1) is 6.58 Å². The molecule has 0 saturated carbocycles. The summed E-state index contributed by atoms with van der Waals surface area (Å²) in [7, 11) is 0. The highest BCUT2D eigenvalue weighted by molar-refractivity contribution is 5.73. The minimum atomic E-state index is -1.57. The molecule has 0 aliphatic heterocycles. The molecule has 0 aliphatic rings. The third kappa shape index (κ3) is 4.29. The van der Waals surface area contributed by atoms with Crippen LogP contribution in [0.15, 0.2) is 91.5 Å². The number of hydrogen-bond donors (Lipinski definition) is 0. The van der Waals surface area contributed by atoms with Crippen molar-refractivity contribution in [1.29, 1.82) is 0 Å². The van der Waals surface area contributed by atoms with Crippen molar-refractivity contribution in [2.24, 2.45) is 0 Å². The van der Waals surface area contributed by atoms with Gasteiger partial charge >= 0.3 is 0 Å². The van der Waals surface area contributed by atoms with Crippen LogP contribution in [0.5, 0.6) is 0 Å². The second-order valence-corrected chi connectivity index (χ2v) is 7.22. The third-order valence-electron chi connectivity index (χ3n) is 5.15. The van der Waals surface area contributed by atoms with Crippen LogP contribution in [-0.2, 0) is 6.42 Å². The van der Waals surface area contributed by atoms with E-state index in [1.165, 1.54) is 17.7 Å². The van der Waals surface area contributed by atoms with E-state index in [2.05, 4.69) is 18.7 Å². The van der Waals surface area contributed by atoms with Crippen LogP contribution in [0, 0.1) is 23.3 Å². The van der Waals surface area contributed by atoms with Gasteiger partial charge in [-0.25, -0.2) is 17.6 Å².